The number of aromatic carboxylic acids is 1. The van der Waals surface area contributed by atoms with Gasteiger partial charge in [0, 0.05) is 23.9 Å². The normalized spacial score (nSPS) is 26.4. The van der Waals surface area contributed by atoms with Crippen LogP contribution in [0.4, 0.5) is 0 Å². The maximum atomic E-state index is 12.4. The molecule has 0 bridgehead atoms. The van der Waals surface area contributed by atoms with E-state index in [2.05, 4.69) is 5.32 Å². The molecule has 1 atom stereocenters. The van der Waals surface area contributed by atoms with Crippen molar-refractivity contribution in [1.82, 2.24) is 5.32 Å². The first-order valence-corrected chi connectivity index (χ1v) is 10.2. The molecule has 154 valence electrons. The number of fused-ring (bicyclic) bond motifs is 1. The van der Waals surface area contributed by atoms with E-state index in [4.69, 9.17) is 4.74 Å². The summed E-state index contributed by atoms with van der Waals surface area (Å²) in [7, 11) is 0. The number of carbonyl (C=O) groups excluding carboxylic acids is 2. The summed E-state index contributed by atoms with van der Waals surface area (Å²) in [6.45, 7) is -1.62. The molecule has 0 radical (unpaired) electrons. The molecule has 0 amide bonds. The molecule has 0 unspecified atom stereocenters. The van der Waals surface area contributed by atoms with Gasteiger partial charge in [-0.2, -0.15) is 0 Å². The van der Waals surface area contributed by atoms with Crippen LogP contribution in [-0.2, 0) is 17.5 Å². The van der Waals surface area contributed by atoms with E-state index in [9.17, 15) is 24.7 Å². The first-order chi connectivity index (χ1) is 13.3. The van der Waals surface area contributed by atoms with Gasteiger partial charge in [-0.05, 0) is 43.9 Å². The van der Waals surface area contributed by atoms with Gasteiger partial charge in [0.1, 0.15) is 17.6 Å². The first kappa shape index (κ1) is 26.4. The summed E-state index contributed by atoms with van der Waals surface area (Å²) in [5.74, 6) is -0.958. The number of hydrogen-bond acceptors (Lipinski definition) is 7. The van der Waals surface area contributed by atoms with Crippen molar-refractivity contribution in [3.8, 4) is 5.75 Å². The Labute approximate surface area is 222 Å². The first-order valence-electron chi connectivity index (χ1n) is 10.2. The van der Waals surface area contributed by atoms with E-state index in [0.29, 0.717) is 31.2 Å². The summed E-state index contributed by atoms with van der Waals surface area (Å²) < 4.78 is 5.88. The Morgan fingerprint density at radius 1 is 1.27 bits per heavy atom. The third-order valence-corrected chi connectivity index (χ3v) is 6.44. The number of carbonyl (C=O) groups is 2. The van der Waals surface area contributed by atoms with Gasteiger partial charge >= 0.3 is 59.1 Å². The van der Waals surface area contributed by atoms with E-state index in [1.165, 1.54) is 0 Å². The smallest absolute Gasteiger partial charge is 1.00 e. The largest absolute Gasteiger partial charge is 1.00 e. The van der Waals surface area contributed by atoms with Gasteiger partial charge in [-0.25, -0.2) is 0 Å². The Morgan fingerprint density at radius 3 is 2.63 bits per heavy atom. The minimum atomic E-state index is -2.59. The second kappa shape index (κ2) is 10.8. The van der Waals surface area contributed by atoms with Crippen molar-refractivity contribution in [3.05, 3.63) is 28.8 Å². The molecule has 1 saturated heterocycles. The number of ether oxygens (including phenoxy) is 1. The summed E-state index contributed by atoms with van der Waals surface area (Å²) in [5.41, 5.74) is 1.10. The van der Waals surface area contributed by atoms with E-state index in [-0.39, 0.29) is 108 Å². The molecule has 4 rings (SSSR count). The van der Waals surface area contributed by atoms with Gasteiger partial charge in [0.15, 0.2) is 0 Å². The number of Topliss-reactive ketones (excluding diaryl/α,β-unsaturated/α-hetero) is 1. The van der Waals surface area contributed by atoms with Gasteiger partial charge < -0.3 is 31.4 Å². The van der Waals surface area contributed by atoms with E-state index in [1.54, 1.807) is 12.1 Å². The average Bonchev–Trinajstić information content (AvgIpc) is 3.08. The molecule has 7 nitrogen and oxygen atoms in total. The van der Waals surface area contributed by atoms with Crippen LogP contribution >= 0.6 is 0 Å². The molecule has 2 aliphatic heterocycles. The molecule has 1 aliphatic carbocycles. The zero-order valence-corrected chi connectivity index (χ0v) is 21.9. The molecular weight excluding hydrogens is 407 g/mol. The molecule has 1 saturated carbocycles. The van der Waals surface area contributed by atoms with Crippen molar-refractivity contribution in [3.63, 3.8) is 0 Å². The maximum Gasteiger partial charge on any atom is 1.00 e. The van der Waals surface area contributed by atoms with E-state index < -0.39 is 12.5 Å². The number of ketones is 1. The summed E-state index contributed by atoms with van der Waals surface area (Å²) >= 11 is 0. The van der Waals surface area contributed by atoms with Crippen molar-refractivity contribution in [2.75, 3.05) is 6.54 Å². The predicted molar refractivity (Wildman–Crippen MR) is 102 cm³/mol. The van der Waals surface area contributed by atoms with E-state index >= 15 is 0 Å². The summed E-state index contributed by atoms with van der Waals surface area (Å²) in [6, 6.07) is 3.70. The van der Waals surface area contributed by atoms with Gasteiger partial charge in [0.05, 0.1) is 5.97 Å². The maximum absolute atomic E-state index is 12.4. The molecule has 3 aliphatic rings. The Balaban J connectivity index is 0.00000160. The van der Waals surface area contributed by atoms with Gasteiger partial charge in [-0.3, -0.25) is 4.79 Å². The molecule has 10 heteroatoms. The monoisotopic (exact) mass is 434 g/mol. The number of carboxylic acid groups (broad SMARTS) is 1. The van der Waals surface area contributed by atoms with Crippen LogP contribution in [0, 0.1) is 5.92 Å². The topological polar surface area (TPSA) is 119 Å². The molecule has 1 aromatic carbocycles. The van der Waals surface area contributed by atoms with E-state index in [1.807, 2.05) is 0 Å². The zero-order valence-electron chi connectivity index (χ0n) is 18.9. The van der Waals surface area contributed by atoms with Crippen LogP contribution in [-0.4, -0.2) is 47.0 Å². The Kier molecular flexibility index (Phi) is 9.50. The van der Waals surface area contributed by atoms with Crippen molar-refractivity contribution in [1.29, 1.82) is 0 Å². The zero-order chi connectivity index (χ0) is 19.9. The molecule has 0 spiro atoms. The standard InChI is InChI=1S/C20H27BNO6.2Na.H/c23-17(10-14-2-1-7-22-14)13-8-15(9-13)28-18-4-3-12-5-6-21(26,27)11-16(12)19(18)20(24)25;;;/h3-4,13-15,22,26-27H,1-2,5-11H2,(H,24,25);;;/q-1;2*+1;-1/p-1/t13?,14-,15?;;;/m0.../s1. The number of rotatable bonds is 6. The Hall–Kier alpha value is 0.105. The molecular formula is C20H27BNNa2O6-. The molecule has 1 aromatic rings. The Bertz CT molecular complexity index is 800. The third kappa shape index (κ3) is 5.91. The molecule has 30 heavy (non-hydrogen) atoms. The summed E-state index contributed by atoms with van der Waals surface area (Å²) in [4.78, 5) is 24.1. The predicted octanol–water partition coefficient (Wildman–Crippen LogP) is -5.90. The van der Waals surface area contributed by atoms with Crippen LogP contribution in [0.15, 0.2) is 12.1 Å². The fourth-order valence-electron chi connectivity index (χ4n) is 4.72. The van der Waals surface area contributed by atoms with Gasteiger partial charge in [-0.15, -0.1) is 12.6 Å². The molecule has 2 heterocycles. The number of aryl methyl sites for hydroxylation is 1. The van der Waals surface area contributed by atoms with Crippen LogP contribution in [0.3, 0.4) is 0 Å². The van der Waals surface area contributed by atoms with Crippen LogP contribution in [0.25, 0.3) is 0 Å². The summed E-state index contributed by atoms with van der Waals surface area (Å²) in [6.07, 6.45) is 4.22. The minimum Gasteiger partial charge on any atom is -1.00 e. The molecule has 0 aromatic heterocycles. The van der Waals surface area contributed by atoms with Crippen molar-refractivity contribution in [2.45, 2.75) is 63.3 Å². The average molecular weight is 434 g/mol. The van der Waals surface area contributed by atoms with Crippen LogP contribution in [0.2, 0.25) is 6.32 Å². The second-order valence-electron chi connectivity index (χ2n) is 8.61. The van der Waals surface area contributed by atoms with Crippen molar-refractivity contribution < 1.29 is 90.0 Å². The molecule has 2 fully saturated rings. The number of benzene rings is 1. The third-order valence-electron chi connectivity index (χ3n) is 6.44. The number of nitrogens with one attached hydrogen (secondary N) is 1. The fraction of sp³-hybridized carbons (Fsp3) is 0.600. The van der Waals surface area contributed by atoms with Gasteiger partial charge in [-0.1, -0.05) is 18.1 Å². The van der Waals surface area contributed by atoms with Crippen molar-refractivity contribution >= 4 is 18.3 Å². The van der Waals surface area contributed by atoms with E-state index in [0.717, 1.165) is 24.9 Å². The van der Waals surface area contributed by atoms with Crippen LogP contribution in [0.1, 0.15) is 55.0 Å². The van der Waals surface area contributed by atoms with Gasteiger partial charge in [0.25, 0.3) is 0 Å². The SMILES string of the molecule is O=C([O-])c1c(OC2CC(C(=O)C[C@@H]3CCCN3)C2)ccc2c1C[B-](O)(O)CC2.[H-].[Na+].[Na+]. The number of hydrogen-bond donors (Lipinski definition) is 3. The number of carboxylic acids is 1. The molecule has 3 N–H and O–H groups in total. The van der Waals surface area contributed by atoms with Gasteiger partial charge in [0.2, 0.25) is 6.55 Å². The Morgan fingerprint density at radius 2 is 2.00 bits per heavy atom. The van der Waals surface area contributed by atoms with Crippen LogP contribution in [0.5, 0.6) is 5.75 Å². The second-order valence-corrected chi connectivity index (χ2v) is 8.61. The minimum absolute atomic E-state index is 0. The summed E-state index contributed by atoms with van der Waals surface area (Å²) in [5, 5.41) is 35.1. The quantitative estimate of drug-likeness (QED) is 0.382. The van der Waals surface area contributed by atoms with Crippen LogP contribution < -0.4 is 74.3 Å². The fourth-order valence-corrected chi connectivity index (χ4v) is 4.72. The van der Waals surface area contributed by atoms with Crippen molar-refractivity contribution in [2.24, 2.45) is 5.92 Å².